The van der Waals surface area contributed by atoms with E-state index in [1.54, 1.807) is 7.11 Å². The summed E-state index contributed by atoms with van der Waals surface area (Å²) in [6.07, 6.45) is 0. The average molecular weight is 418 g/mol. The SMILES string of the molecule is COc1cccc(N2CCN(CC(=O)Nc3ccc(C)cc3Br)CC2)c1. The van der Waals surface area contributed by atoms with Gasteiger partial charge < -0.3 is 15.0 Å². The van der Waals surface area contributed by atoms with Crippen LogP contribution < -0.4 is 15.0 Å². The number of amides is 1. The van der Waals surface area contributed by atoms with Crippen molar-refractivity contribution in [1.82, 2.24) is 4.90 Å². The molecule has 0 aromatic heterocycles. The standard InChI is InChI=1S/C20H24BrN3O2/c1-15-6-7-19(18(21)12-15)22-20(25)14-23-8-10-24(11-9-23)16-4-3-5-17(13-16)26-2/h3-7,12-13H,8-11,14H2,1-2H3,(H,22,25). The molecule has 0 bridgehead atoms. The summed E-state index contributed by atoms with van der Waals surface area (Å²) in [6.45, 7) is 5.95. The number of nitrogens with zero attached hydrogens (tertiary/aromatic N) is 2. The maximum Gasteiger partial charge on any atom is 0.238 e. The summed E-state index contributed by atoms with van der Waals surface area (Å²) in [6, 6.07) is 14.0. The van der Waals surface area contributed by atoms with E-state index in [1.807, 2.05) is 37.3 Å². The lowest BCUT2D eigenvalue weighted by atomic mass is 10.2. The van der Waals surface area contributed by atoms with Crippen molar-refractivity contribution in [2.24, 2.45) is 0 Å². The molecule has 0 spiro atoms. The summed E-state index contributed by atoms with van der Waals surface area (Å²) in [5.74, 6) is 0.886. The third kappa shape index (κ3) is 4.77. The Morgan fingerprint density at radius 2 is 1.92 bits per heavy atom. The topological polar surface area (TPSA) is 44.8 Å². The summed E-state index contributed by atoms with van der Waals surface area (Å²) in [5.41, 5.74) is 3.14. The maximum atomic E-state index is 12.3. The summed E-state index contributed by atoms with van der Waals surface area (Å²) in [7, 11) is 1.68. The van der Waals surface area contributed by atoms with Gasteiger partial charge in [0.2, 0.25) is 5.91 Å². The van der Waals surface area contributed by atoms with Gasteiger partial charge in [-0.3, -0.25) is 9.69 Å². The van der Waals surface area contributed by atoms with E-state index in [-0.39, 0.29) is 5.91 Å². The Balaban J connectivity index is 1.51. The first-order chi connectivity index (χ1) is 12.5. The molecule has 0 aliphatic carbocycles. The number of benzene rings is 2. The van der Waals surface area contributed by atoms with E-state index in [0.29, 0.717) is 6.54 Å². The minimum Gasteiger partial charge on any atom is -0.497 e. The van der Waals surface area contributed by atoms with Gasteiger partial charge in [0, 0.05) is 42.4 Å². The number of nitrogens with one attached hydrogen (secondary N) is 1. The number of hydrogen-bond donors (Lipinski definition) is 1. The Morgan fingerprint density at radius 1 is 1.15 bits per heavy atom. The third-order valence-electron chi connectivity index (χ3n) is 4.56. The molecule has 26 heavy (non-hydrogen) atoms. The molecule has 0 radical (unpaired) electrons. The van der Waals surface area contributed by atoms with Gasteiger partial charge >= 0.3 is 0 Å². The fourth-order valence-electron chi connectivity index (χ4n) is 3.09. The summed E-state index contributed by atoms with van der Waals surface area (Å²) in [4.78, 5) is 16.9. The Hall–Kier alpha value is -2.05. The zero-order valence-electron chi connectivity index (χ0n) is 15.2. The average Bonchev–Trinajstić information content (AvgIpc) is 2.65. The van der Waals surface area contributed by atoms with Crippen LogP contribution >= 0.6 is 15.9 Å². The highest BCUT2D eigenvalue weighted by molar-refractivity contribution is 9.10. The van der Waals surface area contributed by atoms with Crippen molar-refractivity contribution in [1.29, 1.82) is 0 Å². The highest BCUT2D eigenvalue weighted by Crippen LogP contribution is 2.24. The van der Waals surface area contributed by atoms with Crippen molar-refractivity contribution >= 4 is 33.2 Å². The quantitative estimate of drug-likeness (QED) is 0.807. The van der Waals surface area contributed by atoms with Gasteiger partial charge in [0.1, 0.15) is 5.75 Å². The molecule has 1 aliphatic heterocycles. The molecule has 6 heteroatoms. The fourth-order valence-corrected chi connectivity index (χ4v) is 3.68. The second-order valence-corrected chi connectivity index (χ2v) is 7.35. The predicted molar refractivity (Wildman–Crippen MR) is 109 cm³/mol. The summed E-state index contributed by atoms with van der Waals surface area (Å²) < 4.78 is 6.21. The lowest BCUT2D eigenvalue weighted by Crippen LogP contribution is -2.48. The molecule has 1 heterocycles. The summed E-state index contributed by atoms with van der Waals surface area (Å²) >= 11 is 3.50. The number of methoxy groups -OCH3 is 1. The zero-order valence-corrected chi connectivity index (χ0v) is 16.8. The number of rotatable bonds is 5. The van der Waals surface area contributed by atoms with Crippen molar-refractivity contribution in [3.05, 3.63) is 52.5 Å². The van der Waals surface area contributed by atoms with Crippen molar-refractivity contribution in [2.45, 2.75) is 6.92 Å². The number of carbonyl (C=O) groups is 1. The first-order valence-corrected chi connectivity index (χ1v) is 9.52. The first kappa shape index (κ1) is 18.7. The number of halogens is 1. The normalized spacial score (nSPS) is 15.0. The van der Waals surface area contributed by atoms with E-state index in [1.165, 1.54) is 0 Å². The molecule has 0 saturated carbocycles. The van der Waals surface area contributed by atoms with Crippen LogP contribution in [0.15, 0.2) is 46.9 Å². The van der Waals surface area contributed by atoms with Gasteiger partial charge in [-0.2, -0.15) is 0 Å². The fraction of sp³-hybridized carbons (Fsp3) is 0.350. The van der Waals surface area contributed by atoms with Crippen molar-refractivity contribution in [2.75, 3.05) is 50.1 Å². The van der Waals surface area contributed by atoms with Crippen LogP contribution in [0.4, 0.5) is 11.4 Å². The lowest BCUT2D eigenvalue weighted by molar-refractivity contribution is -0.117. The minimum atomic E-state index is 0.0179. The van der Waals surface area contributed by atoms with Crippen LogP contribution in [0.5, 0.6) is 5.75 Å². The van der Waals surface area contributed by atoms with Crippen molar-refractivity contribution in [3.8, 4) is 5.75 Å². The predicted octanol–water partition coefficient (Wildman–Crippen LogP) is 3.53. The molecule has 1 fully saturated rings. The molecule has 0 unspecified atom stereocenters. The van der Waals surface area contributed by atoms with Gasteiger partial charge in [-0.1, -0.05) is 12.1 Å². The van der Waals surface area contributed by atoms with Gasteiger partial charge in [0.25, 0.3) is 0 Å². The van der Waals surface area contributed by atoms with E-state index in [0.717, 1.165) is 53.3 Å². The maximum absolute atomic E-state index is 12.3. The van der Waals surface area contributed by atoms with E-state index in [4.69, 9.17) is 4.74 Å². The van der Waals surface area contributed by atoms with E-state index in [9.17, 15) is 4.79 Å². The van der Waals surface area contributed by atoms with Crippen LogP contribution in [0.3, 0.4) is 0 Å². The summed E-state index contributed by atoms with van der Waals surface area (Å²) in [5, 5.41) is 2.99. The molecule has 1 saturated heterocycles. The van der Waals surface area contributed by atoms with Crippen LogP contribution in [0.2, 0.25) is 0 Å². The molecular formula is C20H24BrN3O2. The molecule has 1 N–H and O–H groups in total. The Bertz CT molecular complexity index is 773. The van der Waals surface area contributed by atoms with Gasteiger partial charge in [-0.05, 0) is 52.7 Å². The number of aryl methyl sites for hydroxylation is 1. The van der Waals surface area contributed by atoms with Crippen LogP contribution in [0.1, 0.15) is 5.56 Å². The molecule has 1 amide bonds. The molecular weight excluding hydrogens is 394 g/mol. The number of ether oxygens (including phenoxy) is 1. The number of hydrogen-bond acceptors (Lipinski definition) is 4. The van der Waals surface area contributed by atoms with Gasteiger partial charge in [0.05, 0.1) is 19.3 Å². The molecule has 2 aromatic carbocycles. The molecule has 0 atom stereocenters. The smallest absolute Gasteiger partial charge is 0.238 e. The number of anilines is 2. The molecule has 5 nitrogen and oxygen atoms in total. The molecule has 3 rings (SSSR count). The largest absolute Gasteiger partial charge is 0.497 e. The third-order valence-corrected chi connectivity index (χ3v) is 5.21. The molecule has 138 valence electrons. The molecule has 1 aliphatic rings. The number of carbonyl (C=O) groups excluding carboxylic acids is 1. The van der Waals surface area contributed by atoms with Gasteiger partial charge in [0.15, 0.2) is 0 Å². The van der Waals surface area contributed by atoms with Crippen molar-refractivity contribution < 1.29 is 9.53 Å². The van der Waals surface area contributed by atoms with E-state index in [2.05, 4.69) is 43.2 Å². The van der Waals surface area contributed by atoms with Crippen LogP contribution in [0, 0.1) is 6.92 Å². The first-order valence-electron chi connectivity index (χ1n) is 8.72. The Kier molecular flexibility index (Phi) is 6.16. The van der Waals surface area contributed by atoms with Crippen molar-refractivity contribution in [3.63, 3.8) is 0 Å². The monoisotopic (exact) mass is 417 g/mol. The van der Waals surface area contributed by atoms with Crippen LogP contribution in [-0.2, 0) is 4.79 Å². The van der Waals surface area contributed by atoms with Gasteiger partial charge in [-0.25, -0.2) is 0 Å². The van der Waals surface area contributed by atoms with Crippen LogP contribution in [0.25, 0.3) is 0 Å². The minimum absolute atomic E-state index is 0.0179. The lowest BCUT2D eigenvalue weighted by Gasteiger charge is -2.35. The second-order valence-electron chi connectivity index (χ2n) is 6.50. The zero-order chi connectivity index (χ0) is 18.5. The highest BCUT2D eigenvalue weighted by atomic mass is 79.9. The van der Waals surface area contributed by atoms with Crippen LogP contribution in [-0.4, -0.2) is 50.6 Å². The molecule has 2 aromatic rings. The Labute approximate surface area is 163 Å². The van der Waals surface area contributed by atoms with E-state index >= 15 is 0 Å². The van der Waals surface area contributed by atoms with Gasteiger partial charge in [-0.15, -0.1) is 0 Å². The van der Waals surface area contributed by atoms with E-state index < -0.39 is 0 Å². The Morgan fingerprint density at radius 3 is 2.62 bits per heavy atom. The number of piperazine rings is 1. The second kappa shape index (κ2) is 8.56. The highest BCUT2D eigenvalue weighted by Gasteiger charge is 2.19.